The van der Waals surface area contributed by atoms with E-state index < -0.39 is 6.04 Å². The maximum absolute atomic E-state index is 11.4. The Morgan fingerprint density at radius 2 is 2.43 bits per heavy atom. The Morgan fingerprint density at radius 1 is 1.71 bits per heavy atom. The molecule has 78 valence electrons. The second-order valence-electron chi connectivity index (χ2n) is 3.26. The van der Waals surface area contributed by atoms with Gasteiger partial charge in [-0.05, 0) is 24.8 Å². The molecule has 0 radical (unpaired) electrons. The molecule has 3 nitrogen and oxygen atoms in total. The lowest BCUT2D eigenvalue weighted by atomic mass is 10.2. The zero-order chi connectivity index (χ0) is 10.6. The van der Waals surface area contributed by atoms with Gasteiger partial charge in [0.15, 0.2) is 0 Å². The van der Waals surface area contributed by atoms with E-state index in [4.69, 9.17) is 5.73 Å². The largest absolute Gasteiger partial charge is 0.347 e. The van der Waals surface area contributed by atoms with E-state index in [1.54, 1.807) is 11.3 Å². The molecule has 0 aromatic carbocycles. The molecule has 0 saturated heterocycles. The number of hydrogen-bond acceptors (Lipinski definition) is 3. The van der Waals surface area contributed by atoms with Crippen molar-refractivity contribution >= 4 is 17.2 Å². The van der Waals surface area contributed by atoms with Gasteiger partial charge in [-0.2, -0.15) is 0 Å². The summed E-state index contributed by atoms with van der Waals surface area (Å²) in [6, 6.07) is 3.65. The first-order valence-electron chi connectivity index (χ1n) is 4.74. The molecule has 2 atom stereocenters. The monoisotopic (exact) mass is 212 g/mol. The van der Waals surface area contributed by atoms with Crippen LogP contribution in [0.1, 0.15) is 31.2 Å². The Balaban J connectivity index is 2.49. The molecule has 0 aliphatic heterocycles. The number of carbonyl (C=O) groups is 1. The molecule has 1 amide bonds. The van der Waals surface area contributed by atoms with Crippen molar-refractivity contribution in [3.05, 3.63) is 22.4 Å². The summed E-state index contributed by atoms with van der Waals surface area (Å²) in [5.74, 6) is -0.0756. The molecule has 0 aliphatic carbocycles. The summed E-state index contributed by atoms with van der Waals surface area (Å²) >= 11 is 1.64. The third-order valence-electron chi connectivity index (χ3n) is 2.11. The van der Waals surface area contributed by atoms with Crippen molar-refractivity contribution in [1.29, 1.82) is 0 Å². The van der Waals surface area contributed by atoms with Gasteiger partial charge in [0, 0.05) is 4.88 Å². The highest BCUT2D eigenvalue weighted by Crippen LogP contribution is 2.17. The second kappa shape index (κ2) is 5.12. The number of rotatable bonds is 4. The van der Waals surface area contributed by atoms with Crippen LogP contribution in [-0.4, -0.2) is 11.9 Å². The lowest BCUT2D eigenvalue weighted by Gasteiger charge is -2.15. The van der Waals surface area contributed by atoms with Crippen molar-refractivity contribution in [2.24, 2.45) is 5.73 Å². The Bertz CT molecular complexity index is 284. The van der Waals surface area contributed by atoms with Crippen molar-refractivity contribution < 1.29 is 4.79 Å². The van der Waals surface area contributed by atoms with Gasteiger partial charge in [-0.1, -0.05) is 13.0 Å². The highest BCUT2D eigenvalue weighted by Gasteiger charge is 2.14. The molecular formula is C10H16N2OS. The average Bonchev–Trinajstić information content (AvgIpc) is 2.69. The second-order valence-corrected chi connectivity index (χ2v) is 4.24. The summed E-state index contributed by atoms with van der Waals surface area (Å²) in [5.41, 5.74) is 5.61. The maximum atomic E-state index is 11.4. The van der Waals surface area contributed by atoms with Gasteiger partial charge in [0.25, 0.3) is 0 Å². The molecule has 1 aromatic rings. The van der Waals surface area contributed by atoms with E-state index in [1.807, 2.05) is 31.4 Å². The Kier molecular flexibility index (Phi) is 4.10. The lowest BCUT2D eigenvalue weighted by Crippen LogP contribution is -2.40. The van der Waals surface area contributed by atoms with Crippen molar-refractivity contribution in [2.75, 3.05) is 0 Å². The minimum Gasteiger partial charge on any atom is -0.347 e. The quantitative estimate of drug-likeness (QED) is 0.797. The van der Waals surface area contributed by atoms with Gasteiger partial charge in [0.2, 0.25) is 5.91 Å². The highest BCUT2D eigenvalue weighted by molar-refractivity contribution is 7.10. The zero-order valence-electron chi connectivity index (χ0n) is 8.49. The molecule has 3 N–H and O–H groups in total. The first kappa shape index (κ1) is 11.2. The summed E-state index contributed by atoms with van der Waals surface area (Å²) in [5, 5.41) is 4.88. The fraction of sp³-hybridized carbons (Fsp3) is 0.500. The van der Waals surface area contributed by atoms with E-state index in [1.165, 1.54) is 0 Å². The van der Waals surface area contributed by atoms with Crippen molar-refractivity contribution in [1.82, 2.24) is 5.32 Å². The van der Waals surface area contributed by atoms with Crippen LogP contribution in [0, 0.1) is 0 Å². The molecular weight excluding hydrogens is 196 g/mol. The smallest absolute Gasteiger partial charge is 0.237 e. The average molecular weight is 212 g/mol. The SMILES string of the molecule is CCC(N)C(=O)N[C@H](C)c1cccs1. The number of carbonyl (C=O) groups excluding carboxylic acids is 1. The van der Waals surface area contributed by atoms with Gasteiger partial charge in [-0.3, -0.25) is 4.79 Å². The summed E-state index contributed by atoms with van der Waals surface area (Å²) in [7, 11) is 0. The van der Waals surface area contributed by atoms with Crippen LogP contribution in [0.4, 0.5) is 0 Å². The van der Waals surface area contributed by atoms with E-state index >= 15 is 0 Å². The molecule has 14 heavy (non-hydrogen) atoms. The first-order valence-corrected chi connectivity index (χ1v) is 5.62. The summed E-state index contributed by atoms with van der Waals surface area (Å²) < 4.78 is 0. The van der Waals surface area contributed by atoms with Gasteiger partial charge in [-0.25, -0.2) is 0 Å². The van der Waals surface area contributed by atoms with Crippen LogP contribution in [0.2, 0.25) is 0 Å². The van der Waals surface area contributed by atoms with Gasteiger partial charge in [-0.15, -0.1) is 11.3 Å². The van der Waals surface area contributed by atoms with Crippen LogP contribution in [0.25, 0.3) is 0 Å². The van der Waals surface area contributed by atoms with Crippen LogP contribution in [0.5, 0.6) is 0 Å². The topological polar surface area (TPSA) is 55.1 Å². The molecule has 0 fully saturated rings. The molecule has 0 saturated carbocycles. The van der Waals surface area contributed by atoms with E-state index in [-0.39, 0.29) is 11.9 Å². The number of amides is 1. The molecule has 0 bridgehead atoms. The Labute approximate surface area is 88.3 Å². The molecule has 1 aromatic heterocycles. The lowest BCUT2D eigenvalue weighted by molar-refractivity contribution is -0.123. The molecule has 1 rings (SSSR count). The maximum Gasteiger partial charge on any atom is 0.237 e. The Morgan fingerprint density at radius 3 is 2.93 bits per heavy atom. The van der Waals surface area contributed by atoms with Crippen LogP contribution in [0.15, 0.2) is 17.5 Å². The molecule has 0 aliphatic rings. The molecule has 1 heterocycles. The van der Waals surface area contributed by atoms with Crippen molar-refractivity contribution in [3.8, 4) is 0 Å². The Hall–Kier alpha value is -0.870. The zero-order valence-corrected chi connectivity index (χ0v) is 9.30. The minimum absolute atomic E-state index is 0.0556. The predicted octanol–water partition coefficient (Wildman–Crippen LogP) is 1.66. The minimum atomic E-state index is -0.391. The number of hydrogen-bond donors (Lipinski definition) is 2. The van der Waals surface area contributed by atoms with Gasteiger partial charge in [0.1, 0.15) is 0 Å². The van der Waals surface area contributed by atoms with Crippen LogP contribution in [0.3, 0.4) is 0 Å². The normalized spacial score (nSPS) is 14.8. The number of thiophene rings is 1. The number of nitrogens with two attached hydrogens (primary N) is 1. The van der Waals surface area contributed by atoms with Gasteiger partial charge >= 0.3 is 0 Å². The van der Waals surface area contributed by atoms with E-state index in [0.29, 0.717) is 6.42 Å². The number of nitrogens with one attached hydrogen (secondary N) is 1. The van der Waals surface area contributed by atoms with Gasteiger partial charge in [0.05, 0.1) is 12.1 Å². The van der Waals surface area contributed by atoms with Crippen LogP contribution in [-0.2, 0) is 4.79 Å². The van der Waals surface area contributed by atoms with Gasteiger partial charge < -0.3 is 11.1 Å². The van der Waals surface area contributed by atoms with E-state index in [9.17, 15) is 4.79 Å². The summed E-state index contributed by atoms with van der Waals surface area (Å²) in [4.78, 5) is 12.6. The van der Waals surface area contributed by atoms with E-state index in [0.717, 1.165) is 4.88 Å². The van der Waals surface area contributed by atoms with Crippen molar-refractivity contribution in [3.63, 3.8) is 0 Å². The highest BCUT2D eigenvalue weighted by atomic mass is 32.1. The third-order valence-corrected chi connectivity index (χ3v) is 3.16. The fourth-order valence-electron chi connectivity index (χ4n) is 1.11. The fourth-order valence-corrected chi connectivity index (χ4v) is 1.85. The molecule has 0 spiro atoms. The van der Waals surface area contributed by atoms with Crippen LogP contribution >= 0.6 is 11.3 Å². The first-order chi connectivity index (χ1) is 6.65. The van der Waals surface area contributed by atoms with Crippen LogP contribution < -0.4 is 11.1 Å². The predicted molar refractivity (Wildman–Crippen MR) is 59.1 cm³/mol. The third kappa shape index (κ3) is 2.82. The summed E-state index contributed by atoms with van der Waals surface area (Å²) in [6.45, 7) is 3.87. The summed E-state index contributed by atoms with van der Waals surface area (Å²) in [6.07, 6.45) is 0.670. The standard InChI is InChI=1S/C10H16N2OS/c1-3-8(11)10(13)12-7(2)9-5-4-6-14-9/h4-8H,3,11H2,1-2H3,(H,12,13)/t7-,8?/m1/s1. The molecule has 4 heteroatoms. The van der Waals surface area contributed by atoms with E-state index in [2.05, 4.69) is 5.32 Å². The van der Waals surface area contributed by atoms with Crippen molar-refractivity contribution in [2.45, 2.75) is 32.4 Å². The molecule has 1 unspecified atom stereocenters.